The summed E-state index contributed by atoms with van der Waals surface area (Å²) in [6.45, 7) is 10.1. The Morgan fingerprint density at radius 3 is 1.97 bits per heavy atom. The predicted octanol–water partition coefficient (Wildman–Crippen LogP) is 3.63. The zero-order valence-electron chi connectivity index (χ0n) is 19.1. The first-order valence-corrected chi connectivity index (χ1v) is 12.1. The molecule has 0 radical (unpaired) electrons. The molecule has 0 aromatic heterocycles. The molecule has 2 saturated heterocycles. The first-order valence-electron chi connectivity index (χ1n) is 12.1. The van der Waals surface area contributed by atoms with Gasteiger partial charge in [-0.25, -0.2) is 0 Å². The van der Waals surface area contributed by atoms with E-state index in [9.17, 15) is 9.59 Å². The van der Waals surface area contributed by atoms with Crippen LogP contribution < -0.4 is 0 Å². The molecule has 29 heavy (non-hydrogen) atoms. The highest BCUT2D eigenvalue weighted by atomic mass is 16.2. The molecule has 1 saturated carbocycles. The van der Waals surface area contributed by atoms with Gasteiger partial charge in [-0.2, -0.15) is 0 Å². The number of amides is 2. The second-order valence-electron chi connectivity index (χ2n) is 10.2. The van der Waals surface area contributed by atoms with Gasteiger partial charge in [0.05, 0.1) is 0 Å². The van der Waals surface area contributed by atoms with Crippen LogP contribution in [-0.4, -0.2) is 72.8 Å². The predicted molar refractivity (Wildman–Crippen MR) is 118 cm³/mol. The van der Waals surface area contributed by atoms with Crippen molar-refractivity contribution in [3.05, 3.63) is 0 Å². The van der Waals surface area contributed by atoms with Gasteiger partial charge in [-0.1, -0.05) is 6.92 Å². The largest absolute Gasteiger partial charge is 0.343 e. The van der Waals surface area contributed by atoms with Crippen LogP contribution in [0.1, 0.15) is 71.6 Å². The van der Waals surface area contributed by atoms with Crippen LogP contribution in [0, 0.1) is 23.7 Å². The standard InChI is InChI=1S/C24H43N3O2/c1-19-4-6-23(7-5-19)24(29)27-16-9-21(10-17-27)8-13-25(3)18-22-11-14-26(15-12-22)20(2)28/h19,21-23H,4-18H2,1-3H3/t19-,23-. The van der Waals surface area contributed by atoms with E-state index in [2.05, 4.69) is 23.8 Å². The number of rotatable bonds is 6. The Morgan fingerprint density at radius 1 is 0.828 bits per heavy atom. The van der Waals surface area contributed by atoms with Crippen molar-refractivity contribution >= 4 is 11.8 Å². The Kier molecular flexibility index (Phi) is 8.40. The highest BCUT2D eigenvalue weighted by Gasteiger charge is 2.30. The molecule has 3 rings (SSSR count). The van der Waals surface area contributed by atoms with Gasteiger partial charge in [0.1, 0.15) is 0 Å². The van der Waals surface area contributed by atoms with E-state index in [1.807, 2.05) is 4.90 Å². The fourth-order valence-corrected chi connectivity index (χ4v) is 5.57. The average molecular weight is 406 g/mol. The summed E-state index contributed by atoms with van der Waals surface area (Å²) in [5.74, 6) is 3.29. The van der Waals surface area contributed by atoms with Crippen molar-refractivity contribution in [1.82, 2.24) is 14.7 Å². The zero-order valence-corrected chi connectivity index (χ0v) is 19.1. The summed E-state index contributed by atoms with van der Waals surface area (Å²) in [5.41, 5.74) is 0. The molecule has 0 aromatic rings. The van der Waals surface area contributed by atoms with Crippen LogP contribution in [0.4, 0.5) is 0 Å². The van der Waals surface area contributed by atoms with Gasteiger partial charge in [0, 0.05) is 45.6 Å². The number of piperidine rings is 2. The highest BCUT2D eigenvalue weighted by molar-refractivity contribution is 5.79. The summed E-state index contributed by atoms with van der Waals surface area (Å²) < 4.78 is 0. The van der Waals surface area contributed by atoms with Crippen LogP contribution in [0.3, 0.4) is 0 Å². The van der Waals surface area contributed by atoms with Gasteiger partial charge in [0.25, 0.3) is 0 Å². The maximum atomic E-state index is 12.8. The normalized spacial score (nSPS) is 27.4. The molecule has 3 aliphatic rings. The monoisotopic (exact) mass is 405 g/mol. The van der Waals surface area contributed by atoms with Crippen molar-refractivity contribution in [2.75, 3.05) is 46.3 Å². The van der Waals surface area contributed by atoms with E-state index < -0.39 is 0 Å². The molecule has 3 fully saturated rings. The maximum Gasteiger partial charge on any atom is 0.225 e. The van der Waals surface area contributed by atoms with Crippen molar-refractivity contribution < 1.29 is 9.59 Å². The first kappa shape index (κ1) is 22.6. The fourth-order valence-electron chi connectivity index (χ4n) is 5.57. The smallest absolute Gasteiger partial charge is 0.225 e. The minimum Gasteiger partial charge on any atom is -0.343 e. The van der Waals surface area contributed by atoms with Crippen LogP contribution >= 0.6 is 0 Å². The molecule has 5 nitrogen and oxygen atoms in total. The van der Waals surface area contributed by atoms with Crippen LogP contribution in [0.25, 0.3) is 0 Å². The molecular weight excluding hydrogens is 362 g/mol. The number of nitrogens with zero attached hydrogens (tertiary/aromatic N) is 3. The maximum absolute atomic E-state index is 12.8. The number of carbonyl (C=O) groups excluding carboxylic acids is 2. The van der Waals surface area contributed by atoms with Crippen molar-refractivity contribution in [2.24, 2.45) is 23.7 Å². The molecule has 2 amide bonds. The number of carbonyl (C=O) groups is 2. The third-order valence-corrected chi connectivity index (χ3v) is 7.84. The van der Waals surface area contributed by atoms with Gasteiger partial charge in [-0.3, -0.25) is 9.59 Å². The van der Waals surface area contributed by atoms with Crippen molar-refractivity contribution in [3.63, 3.8) is 0 Å². The van der Waals surface area contributed by atoms with E-state index in [0.717, 1.165) is 82.7 Å². The zero-order chi connectivity index (χ0) is 20.8. The Balaban J connectivity index is 1.30. The number of hydrogen-bond acceptors (Lipinski definition) is 3. The molecule has 1 aliphatic carbocycles. The van der Waals surface area contributed by atoms with E-state index in [0.29, 0.717) is 11.8 Å². The quantitative estimate of drug-likeness (QED) is 0.678. The lowest BCUT2D eigenvalue weighted by Gasteiger charge is -2.37. The summed E-state index contributed by atoms with van der Waals surface area (Å²) in [4.78, 5) is 30.9. The lowest BCUT2D eigenvalue weighted by molar-refractivity contribution is -0.138. The molecular formula is C24H43N3O2. The topological polar surface area (TPSA) is 43.9 Å². The Labute approximate surface area is 178 Å². The highest BCUT2D eigenvalue weighted by Crippen LogP contribution is 2.31. The average Bonchev–Trinajstić information content (AvgIpc) is 2.73. The van der Waals surface area contributed by atoms with Crippen molar-refractivity contribution in [2.45, 2.75) is 71.6 Å². The molecule has 166 valence electrons. The minimum absolute atomic E-state index is 0.222. The second-order valence-corrected chi connectivity index (χ2v) is 10.2. The number of hydrogen-bond donors (Lipinski definition) is 0. The van der Waals surface area contributed by atoms with Gasteiger partial charge in [0.15, 0.2) is 0 Å². The van der Waals surface area contributed by atoms with Gasteiger partial charge in [0.2, 0.25) is 11.8 Å². The molecule has 2 heterocycles. The summed E-state index contributed by atoms with van der Waals surface area (Å²) in [7, 11) is 2.25. The molecule has 0 atom stereocenters. The molecule has 0 N–H and O–H groups in total. The summed E-state index contributed by atoms with van der Waals surface area (Å²) >= 11 is 0. The van der Waals surface area contributed by atoms with Crippen LogP contribution in [0.2, 0.25) is 0 Å². The van der Waals surface area contributed by atoms with E-state index in [1.54, 1.807) is 6.92 Å². The van der Waals surface area contributed by atoms with Gasteiger partial charge in [-0.15, -0.1) is 0 Å². The molecule has 0 aromatic carbocycles. The van der Waals surface area contributed by atoms with Gasteiger partial charge >= 0.3 is 0 Å². The van der Waals surface area contributed by atoms with Crippen molar-refractivity contribution in [3.8, 4) is 0 Å². The third kappa shape index (κ3) is 6.70. The molecule has 0 unspecified atom stereocenters. The Morgan fingerprint density at radius 2 is 1.38 bits per heavy atom. The minimum atomic E-state index is 0.222. The molecule has 0 spiro atoms. The SMILES string of the molecule is CC(=O)N1CCC(CN(C)CCC2CCN(C(=O)[C@H]3CC[C@H](C)CC3)CC2)CC1. The molecule has 5 heteroatoms. The van der Waals surface area contributed by atoms with Gasteiger partial charge < -0.3 is 14.7 Å². The summed E-state index contributed by atoms with van der Waals surface area (Å²) in [5, 5.41) is 0. The van der Waals surface area contributed by atoms with Crippen molar-refractivity contribution in [1.29, 1.82) is 0 Å². The fraction of sp³-hybridized carbons (Fsp3) is 0.917. The van der Waals surface area contributed by atoms with Crippen LogP contribution in [-0.2, 0) is 9.59 Å². The number of likely N-dealkylation sites (tertiary alicyclic amines) is 2. The van der Waals surface area contributed by atoms with Gasteiger partial charge in [-0.05, 0) is 89.1 Å². The molecule has 2 aliphatic heterocycles. The van der Waals surface area contributed by atoms with E-state index >= 15 is 0 Å². The summed E-state index contributed by atoms with van der Waals surface area (Å²) in [6, 6.07) is 0. The van der Waals surface area contributed by atoms with E-state index in [-0.39, 0.29) is 5.91 Å². The van der Waals surface area contributed by atoms with E-state index in [1.165, 1.54) is 32.1 Å². The Bertz CT molecular complexity index is 528. The molecule has 0 bridgehead atoms. The van der Waals surface area contributed by atoms with Crippen LogP contribution in [0.15, 0.2) is 0 Å². The second kappa shape index (κ2) is 10.8. The first-order chi connectivity index (χ1) is 13.9. The Hall–Kier alpha value is -1.10. The lowest BCUT2D eigenvalue weighted by Crippen LogP contribution is -2.43. The van der Waals surface area contributed by atoms with Crippen LogP contribution in [0.5, 0.6) is 0 Å². The lowest BCUT2D eigenvalue weighted by atomic mass is 9.82. The summed E-state index contributed by atoms with van der Waals surface area (Å²) in [6.07, 6.45) is 10.6. The third-order valence-electron chi connectivity index (χ3n) is 7.84. The van der Waals surface area contributed by atoms with E-state index in [4.69, 9.17) is 0 Å².